The average Bonchev–Trinajstić information content (AvgIpc) is 3.30. The Kier molecular flexibility index (Phi) is 22.1. The van der Waals surface area contributed by atoms with Crippen molar-refractivity contribution in [3.63, 3.8) is 0 Å². The molecule has 0 radical (unpaired) electrons. The molecule has 2 heterocycles. The van der Waals surface area contributed by atoms with Gasteiger partial charge in [0.05, 0.1) is 118 Å². The lowest BCUT2D eigenvalue weighted by atomic mass is 9.90. The number of hydrogen-bond donors (Lipinski definition) is 1. The van der Waals surface area contributed by atoms with E-state index in [2.05, 4.69) is 36.9 Å². The van der Waals surface area contributed by atoms with E-state index in [1.54, 1.807) is 0 Å². The van der Waals surface area contributed by atoms with Crippen LogP contribution in [0.3, 0.4) is 0 Å². The summed E-state index contributed by atoms with van der Waals surface area (Å²) in [5.41, 5.74) is 5.11. The number of carbonyl (C=O) groups is 2. The van der Waals surface area contributed by atoms with E-state index in [0.29, 0.717) is 143 Å². The van der Waals surface area contributed by atoms with Crippen molar-refractivity contribution < 1.29 is 51.9 Å². The van der Waals surface area contributed by atoms with Crippen molar-refractivity contribution in [2.24, 2.45) is 0 Å². The maximum absolute atomic E-state index is 14.3. The third kappa shape index (κ3) is 16.1. The third-order valence-corrected chi connectivity index (χ3v) is 10.6. The number of nitrogens with zero attached hydrogens (tertiary/aromatic N) is 4. The highest BCUT2D eigenvalue weighted by molar-refractivity contribution is 7.80. The molecule has 2 amide bonds. The molecule has 1 fully saturated rings. The fourth-order valence-corrected chi connectivity index (χ4v) is 7.08. The van der Waals surface area contributed by atoms with Gasteiger partial charge in [0.2, 0.25) is 11.3 Å². The van der Waals surface area contributed by atoms with Gasteiger partial charge in [-0.25, -0.2) is 4.58 Å². The van der Waals surface area contributed by atoms with E-state index in [-0.39, 0.29) is 18.2 Å². The highest BCUT2D eigenvalue weighted by Crippen LogP contribution is 2.42. The number of hydrogen-bond acceptors (Lipinski definition) is 13. The monoisotopic (exact) mass is 895 g/mol. The van der Waals surface area contributed by atoms with Crippen molar-refractivity contribution in [2.75, 3.05) is 171 Å². The molecule has 0 saturated carbocycles. The standard InChI is InChI=1S/C47H66N4O11S/c1-48(2)37-9-11-41-43(35-37)62-44-36-38(49(3)4)10-12-42(44)46(41)39-7-5-6-8-40(39)47(53)51-16-14-50(15-17-51)45(52)13-18-54-19-20-55-21-22-56-23-24-57-25-26-58-27-28-59-29-30-60-31-32-61-33-34-63/h5-12,35-36H,13-34H2,1-4H3/p+1. The first-order chi connectivity index (χ1) is 30.8. The molecular formula is C47H67N4O11S+. The Morgan fingerprint density at radius 2 is 1.13 bits per heavy atom. The lowest BCUT2D eigenvalue weighted by molar-refractivity contribution is -0.134. The van der Waals surface area contributed by atoms with Crippen LogP contribution in [-0.2, 0) is 42.7 Å². The minimum Gasteiger partial charge on any atom is -0.456 e. The first-order valence-corrected chi connectivity index (χ1v) is 22.5. The molecule has 2 aliphatic heterocycles. The first kappa shape index (κ1) is 49.9. The van der Waals surface area contributed by atoms with Crippen molar-refractivity contribution in [1.82, 2.24) is 14.4 Å². The van der Waals surface area contributed by atoms with Crippen LogP contribution in [-0.4, -0.2) is 187 Å². The van der Waals surface area contributed by atoms with Crippen molar-refractivity contribution in [3.8, 4) is 22.5 Å². The lowest BCUT2D eigenvalue weighted by Crippen LogP contribution is -2.50. The number of fused-ring (bicyclic) bond motifs is 2. The topological polar surface area (TPSA) is 134 Å². The minimum atomic E-state index is -0.0586. The van der Waals surface area contributed by atoms with E-state index in [1.807, 2.05) is 83.9 Å². The van der Waals surface area contributed by atoms with Crippen molar-refractivity contribution in [2.45, 2.75) is 6.42 Å². The molecule has 63 heavy (non-hydrogen) atoms. The van der Waals surface area contributed by atoms with Gasteiger partial charge in [0, 0.05) is 85.9 Å². The Hall–Kier alpha value is -4.10. The zero-order valence-corrected chi connectivity index (χ0v) is 38.5. The van der Waals surface area contributed by atoms with Crippen molar-refractivity contribution >= 4 is 41.1 Å². The van der Waals surface area contributed by atoms with Gasteiger partial charge in [-0.3, -0.25) is 9.59 Å². The van der Waals surface area contributed by atoms with Gasteiger partial charge in [-0.05, 0) is 29.8 Å². The number of anilines is 1. The number of amides is 2. The molecule has 15 nitrogen and oxygen atoms in total. The van der Waals surface area contributed by atoms with Gasteiger partial charge in [0.15, 0.2) is 0 Å². The molecule has 0 spiro atoms. The largest absolute Gasteiger partial charge is 0.456 e. The summed E-state index contributed by atoms with van der Waals surface area (Å²) in [6.45, 7) is 9.55. The molecule has 0 bridgehead atoms. The smallest absolute Gasteiger partial charge is 0.254 e. The fourth-order valence-electron chi connectivity index (χ4n) is 6.95. The number of benzene rings is 3. The van der Waals surface area contributed by atoms with E-state index in [4.69, 9.17) is 42.3 Å². The fraction of sp³-hybridized carbons (Fsp3) is 0.553. The highest BCUT2D eigenvalue weighted by atomic mass is 32.1. The zero-order chi connectivity index (χ0) is 44.7. The van der Waals surface area contributed by atoms with Gasteiger partial charge in [0.1, 0.15) is 25.4 Å². The van der Waals surface area contributed by atoms with Gasteiger partial charge in [-0.1, -0.05) is 18.2 Å². The third-order valence-electron chi connectivity index (χ3n) is 10.4. The number of thiol groups is 1. The van der Waals surface area contributed by atoms with Crippen molar-refractivity contribution in [3.05, 3.63) is 71.6 Å². The predicted molar refractivity (Wildman–Crippen MR) is 247 cm³/mol. The Labute approximate surface area is 377 Å². The van der Waals surface area contributed by atoms with Crippen molar-refractivity contribution in [1.29, 1.82) is 0 Å². The van der Waals surface area contributed by atoms with E-state index >= 15 is 0 Å². The zero-order valence-electron chi connectivity index (χ0n) is 37.6. The first-order valence-electron chi connectivity index (χ1n) is 21.9. The number of carbonyl (C=O) groups excluding carboxylic acids is 2. The Morgan fingerprint density at radius 3 is 1.65 bits per heavy atom. The number of rotatable bonds is 29. The lowest BCUT2D eigenvalue weighted by Gasteiger charge is -2.35. The molecule has 1 saturated heterocycles. The molecule has 1 aliphatic carbocycles. The molecule has 346 valence electrons. The summed E-state index contributed by atoms with van der Waals surface area (Å²) in [7, 11) is 8.01. The predicted octanol–water partition coefficient (Wildman–Crippen LogP) is 4.04. The quantitative estimate of drug-likeness (QED) is 0.0365. The molecule has 5 rings (SSSR count). The summed E-state index contributed by atoms with van der Waals surface area (Å²) < 4.78 is 52.5. The summed E-state index contributed by atoms with van der Waals surface area (Å²) in [4.78, 5) is 33.0. The average molecular weight is 896 g/mol. The molecule has 16 heteroatoms. The van der Waals surface area contributed by atoms with Gasteiger partial charge in [-0.2, -0.15) is 12.6 Å². The minimum absolute atomic E-state index is 0.0132. The SMILES string of the molecule is CN(C)c1ccc2c(-c3ccccc3C(=O)N3CCN(C(=O)CCOCCOCCOCCOCCOCCOCCOCCOCCS)CC3)c3ccc(=[N+](C)C)cc-3oc2c1. The normalized spacial score (nSPS) is 13.0. The van der Waals surface area contributed by atoms with Gasteiger partial charge < -0.3 is 57.0 Å². The van der Waals surface area contributed by atoms with Crippen LogP contribution < -0.4 is 14.8 Å². The Balaban J connectivity index is 0.937. The van der Waals surface area contributed by atoms with Crippen LogP contribution >= 0.6 is 12.6 Å². The second-order valence-electron chi connectivity index (χ2n) is 15.2. The molecular weight excluding hydrogens is 829 g/mol. The van der Waals surface area contributed by atoms with E-state index in [0.717, 1.165) is 44.5 Å². The van der Waals surface area contributed by atoms with E-state index in [1.165, 1.54) is 0 Å². The molecule has 3 aliphatic rings. The molecule has 0 unspecified atom stereocenters. The van der Waals surface area contributed by atoms with Crippen LogP contribution in [0.4, 0.5) is 5.69 Å². The van der Waals surface area contributed by atoms with Crippen LogP contribution in [0.5, 0.6) is 0 Å². The molecule has 0 atom stereocenters. The van der Waals surface area contributed by atoms with Crippen LogP contribution in [0.25, 0.3) is 33.4 Å². The van der Waals surface area contributed by atoms with Crippen LogP contribution in [0.2, 0.25) is 0 Å². The maximum Gasteiger partial charge on any atom is 0.254 e. The summed E-state index contributed by atoms with van der Waals surface area (Å²) in [5.74, 6) is 1.40. The maximum atomic E-state index is 14.3. The highest BCUT2D eigenvalue weighted by Gasteiger charge is 2.28. The number of piperazine rings is 1. The second-order valence-corrected chi connectivity index (χ2v) is 15.7. The molecule has 0 aromatic heterocycles. The van der Waals surface area contributed by atoms with Crippen LogP contribution in [0.15, 0.2) is 65.1 Å². The number of ether oxygens (including phenoxy) is 8. The Morgan fingerprint density at radius 1 is 0.619 bits per heavy atom. The summed E-state index contributed by atoms with van der Waals surface area (Å²) in [6.07, 6.45) is 0.270. The molecule has 2 aromatic rings. The van der Waals surface area contributed by atoms with Gasteiger partial charge >= 0.3 is 0 Å². The van der Waals surface area contributed by atoms with Gasteiger partial charge in [0.25, 0.3) is 5.91 Å². The van der Waals surface area contributed by atoms with Crippen LogP contribution in [0, 0.1) is 0 Å². The second kappa shape index (κ2) is 27.9. The summed E-state index contributed by atoms with van der Waals surface area (Å²) >= 11 is 4.08. The summed E-state index contributed by atoms with van der Waals surface area (Å²) in [6, 6.07) is 20.2. The Bertz CT molecular complexity index is 2020. The molecule has 2 aromatic carbocycles. The van der Waals surface area contributed by atoms with E-state index < -0.39 is 0 Å². The van der Waals surface area contributed by atoms with Crippen LogP contribution in [0.1, 0.15) is 16.8 Å². The summed E-state index contributed by atoms with van der Waals surface area (Å²) in [5, 5.41) is 1.95. The van der Waals surface area contributed by atoms with Gasteiger partial charge in [-0.15, -0.1) is 0 Å². The molecule has 0 N–H and O–H groups in total. The van der Waals surface area contributed by atoms with E-state index in [9.17, 15) is 9.59 Å².